The fourth-order valence-electron chi connectivity index (χ4n) is 5.63. The number of aromatic nitrogens is 2. The zero-order valence-electron chi connectivity index (χ0n) is 27.9. The van der Waals surface area contributed by atoms with Gasteiger partial charge in [-0.25, -0.2) is 8.42 Å². The summed E-state index contributed by atoms with van der Waals surface area (Å²) in [6, 6.07) is 33.8. The van der Waals surface area contributed by atoms with Crippen molar-refractivity contribution in [2.75, 3.05) is 19.5 Å². The molecular formula is C39H34ClN5O5S. The Balaban J connectivity index is 1.42. The van der Waals surface area contributed by atoms with Crippen molar-refractivity contribution in [3.8, 4) is 17.6 Å². The summed E-state index contributed by atoms with van der Waals surface area (Å²) >= 11 is 6.31. The van der Waals surface area contributed by atoms with Gasteiger partial charge in [-0.3, -0.25) is 9.48 Å². The fourth-order valence-corrected chi connectivity index (χ4v) is 7.46. The Hall–Kier alpha value is -5.67. The normalized spacial score (nSPS) is 11.4. The second kappa shape index (κ2) is 15.5. The van der Waals surface area contributed by atoms with E-state index < -0.39 is 10.0 Å². The van der Waals surface area contributed by atoms with Gasteiger partial charge in [-0.05, 0) is 76.9 Å². The van der Waals surface area contributed by atoms with Gasteiger partial charge in [0.15, 0.2) is 0 Å². The summed E-state index contributed by atoms with van der Waals surface area (Å²) in [6.45, 7) is 0.445. The number of nitriles is 1. The van der Waals surface area contributed by atoms with Gasteiger partial charge in [-0.2, -0.15) is 14.7 Å². The predicted molar refractivity (Wildman–Crippen MR) is 196 cm³/mol. The number of methoxy groups -OCH3 is 2. The maximum atomic E-state index is 14.9. The van der Waals surface area contributed by atoms with Crippen LogP contribution in [0.1, 0.15) is 27.8 Å². The van der Waals surface area contributed by atoms with Crippen molar-refractivity contribution < 1.29 is 22.7 Å². The average molecular weight is 720 g/mol. The van der Waals surface area contributed by atoms with Crippen LogP contribution in [-0.2, 0) is 40.9 Å². The number of sulfonamides is 1. The van der Waals surface area contributed by atoms with E-state index >= 15 is 0 Å². The molecule has 6 rings (SSSR count). The number of ether oxygens (including phenoxy) is 2. The fraction of sp³-hybridized carbons (Fsp3) is 0.154. The van der Waals surface area contributed by atoms with Crippen LogP contribution in [0.5, 0.6) is 11.5 Å². The van der Waals surface area contributed by atoms with Crippen LogP contribution in [0.2, 0.25) is 5.02 Å². The van der Waals surface area contributed by atoms with Crippen molar-refractivity contribution in [1.82, 2.24) is 14.1 Å². The van der Waals surface area contributed by atoms with Crippen molar-refractivity contribution in [3.05, 3.63) is 148 Å². The summed E-state index contributed by atoms with van der Waals surface area (Å²) in [5.74, 6) is 0.941. The molecule has 0 aliphatic carbocycles. The number of hydrogen-bond donors (Lipinski definition) is 1. The van der Waals surface area contributed by atoms with Gasteiger partial charge in [-0.1, -0.05) is 66.2 Å². The minimum atomic E-state index is -4.24. The lowest BCUT2D eigenvalue weighted by Gasteiger charge is -2.23. The summed E-state index contributed by atoms with van der Waals surface area (Å²) in [5, 5.41) is 17.7. The summed E-state index contributed by atoms with van der Waals surface area (Å²) in [5.41, 5.74) is 4.21. The second-order valence-corrected chi connectivity index (χ2v) is 14.1. The first-order valence-corrected chi connectivity index (χ1v) is 17.8. The van der Waals surface area contributed by atoms with Crippen LogP contribution in [0.25, 0.3) is 10.9 Å². The van der Waals surface area contributed by atoms with Crippen molar-refractivity contribution in [2.45, 2.75) is 31.0 Å². The molecule has 0 saturated heterocycles. The molecule has 0 bridgehead atoms. The number of halogens is 1. The van der Waals surface area contributed by atoms with E-state index in [0.717, 1.165) is 16.7 Å². The number of rotatable bonds is 13. The molecule has 0 atom stereocenters. The Morgan fingerprint density at radius 3 is 2.02 bits per heavy atom. The van der Waals surface area contributed by atoms with Crippen LogP contribution in [0.3, 0.4) is 0 Å². The first kappa shape index (κ1) is 35.2. The summed E-state index contributed by atoms with van der Waals surface area (Å²) < 4.78 is 43.5. The Kier molecular flexibility index (Phi) is 10.7. The molecule has 1 heterocycles. The maximum absolute atomic E-state index is 14.9. The molecule has 1 N–H and O–H groups in total. The summed E-state index contributed by atoms with van der Waals surface area (Å²) in [7, 11) is -1.10. The van der Waals surface area contributed by atoms with E-state index in [2.05, 4.69) is 11.4 Å². The molecule has 1 aromatic heterocycles. The lowest BCUT2D eigenvalue weighted by Crippen LogP contribution is -2.30. The topological polar surface area (TPSA) is 127 Å². The molecule has 51 heavy (non-hydrogen) atoms. The third kappa shape index (κ3) is 8.38. The Labute approximate surface area is 301 Å². The number of benzene rings is 5. The highest BCUT2D eigenvalue weighted by atomic mass is 35.5. The Morgan fingerprint density at radius 2 is 1.45 bits per heavy atom. The molecule has 0 unspecified atom stereocenters. The quantitative estimate of drug-likeness (QED) is 0.134. The first-order valence-electron chi connectivity index (χ1n) is 15.9. The van der Waals surface area contributed by atoms with Gasteiger partial charge in [0.05, 0.1) is 49.2 Å². The molecule has 0 saturated carbocycles. The molecule has 5 aromatic carbocycles. The third-order valence-electron chi connectivity index (χ3n) is 8.31. The monoisotopic (exact) mass is 719 g/mol. The largest absolute Gasteiger partial charge is 0.497 e. The molecule has 12 heteroatoms. The van der Waals surface area contributed by atoms with Crippen LogP contribution >= 0.6 is 11.6 Å². The number of nitrogens with zero attached hydrogens (tertiary/aromatic N) is 4. The molecular weight excluding hydrogens is 686 g/mol. The average Bonchev–Trinajstić information content (AvgIpc) is 3.54. The summed E-state index contributed by atoms with van der Waals surface area (Å²) in [4.78, 5) is 13.2. The van der Waals surface area contributed by atoms with Gasteiger partial charge in [0.2, 0.25) is 15.9 Å². The molecule has 1 amide bonds. The third-order valence-corrected chi connectivity index (χ3v) is 10.5. The maximum Gasteiger partial charge on any atom is 0.244 e. The molecule has 0 aliphatic heterocycles. The predicted octanol–water partition coefficient (Wildman–Crippen LogP) is 7.20. The van der Waals surface area contributed by atoms with Crippen LogP contribution in [0.4, 0.5) is 5.69 Å². The van der Waals surface area contributed by atoms with Gasteiger partial charge in [-0.15, -0.1) is 0 Å². The highest BCUT2D eigenvalue weighted by Gasteiger charge is 2.29. The van der Waals surface area contributed by atoms with E-state index in [1.165, 1.54) is 10.4 Å². The van der Waals surface area contributed by atoms with E-state index in [4.69, 9.17) is 26.2 Å². The van der Waals surface area contributed by atoms with Crippen LogP contribution < -0.4 is 14.8 Å². The van der Waals surface area contributed by atoms with Gasteiger partial charge in [0.25, 0.3) is 0 Å². The molecule has 0 fully saturated rings. The van der Waals surface area contributed by atoms with Gasteiger partial charge < -0.3 is 14.8 Å². The lowest BCUT2D eigenvalue weighted by molar-refractivity contribution is -0.115. The highest BCUT2D eigenvalue weighted by molar-refractivity contribution is 7.89. The smallest absolute Gasteiger partial charge is 0.244 e. The number of hydrogen-bond acceptors (Lipinski definition) is 7. The minimum Gasteiger partial charge on any atom is -0.497 e. The van der Waals surface area contributed by atoms with E-state index in [1.54, 1.807) is 91.8 Å². The molecule has 0 aliphatic rings. The molecule has 6 aromatic rings. The number of carbonyl (C=O) groups excluding carboxylic acids is 1. The highest BCUT2D eigenvalue weighted by Crippen LogP contribution is 2.32. The van der Waals surface area contributed by atoms with E-state index in [9.17, 15) is 18.5 Å². The van der Waals surface area contributed by atoms with Crippen LogP contribution in [0, 0.1) is 11.3 Å². The minimum absolute atomic E-state index is 0.00596. The molecule has 10 nitrogen and oxygen atoms in total. The standard InChI is InChI=1S/C39H34ClN5O5S/c1-49-33-15-11-29(12-16-33)24-45(25-30-13-17-34(50-2)18-14-30)51(47,48)38-21-32(42-39(46)19-31-5-3-4-6-36(31)40)20-37-35(38)26-44(43-37)23-28-9-7-27(22-41)8-10-28/h3-18,20-21,26H,19,23-25H2,1-2H3,(H,42,46). The summed E-state index contributed by atoms with van der Waals surface area (Å²) in [6.07, 6.45) is 1.68. The zero-order chi connectivity index (χ0) is 36.0. The van der Waals surface area contributed by atoms with E-state index in [0.29, 0.717) is 45.1 Å². The van der Waals surface area contributed by atoms with Gasteiger partial charge in [0.1, 0.15) is 11.5 Å². The molecule has 0 radical (unpaired) electrons. The van der Waals surface area contributed by atoms with Crippen LogP contribution in [-0.4, -0.2) is 42.6 Å². The van der Waals surface area contributed by atoms with Gasteiger partial charge >= 0.3 is 0 Å². The van der Waals surface area contributed by atoms with Crippen molar-refractivity contribution in [3.63, 3.8) is 0 Å². The zero-order valence-corrected chi connectivity index (χ0v) is 29.5. The van der Waals surface area contributed by atoms with Crippen LogP contribution in [0.15, 0.2) is 120 Å². The number of amides is 1. The van der Waals surface area contributed by atoms with E-state index in [1.807, 2.05) is 36.4 Å². The Morgan fingerprint density at radius 1 is 0.863 bits per heavy atom. The van der Waals surface area contributed by atoms with Crippen molar-refractivity contribution in [1.29, 1.82) is 5.26 Å². The number of anilines is 1. The number of fused-ring (bicyclic) bond motifs is 1. The number of carbonyl (C=O) groups is 1. The second-order valence-electron chi connectivity index (χ2n) is 11.8. The van der Waals surface area contributed by atoms with Crippen molar-refractivity contribution in [2.24, 2.45) is 0 Å². The first-order chi connectivity index (χ1) is 24.6. The number of nitrogens with one attached hydrogen (secondary N) is 1. The lowest BCUT2D eigenvalue weighted by atomic mass is 10.1. The van der Waals surface area contributed by atoms with Gasteiger partial charge in [0, 0.05) is 35.4 Å². The molecule has 0 spiro atoms. The molecule has 258 valence electrons. The SMILES string of the molecule is COc1ccc(CN(Cc2ccc(OC)cc2)S(=O)(=O)c2cc(NC(=O)Cc3ccccc3Cl)cc3nn(Cc4ccc(C#N)cc4)cc23)cc1. The van der Waals surface area contributed by atoms with E-state index in [-0.39, 0.29) is 36.0 Å². The Bertz CT molecular complexity index is 2270. The van der Waals surface area contributed by atoms with Crippen molar-refractivity contribution >= 4 is 44.1 Å².